The monoisotopic (exact) mass is 307 g/mol. The zero-order chi connectivity index (χ0) is 16.4. The molecule has 3 N–H and O–H groups in total. The highest BCUT2D eigenvalue weighted by Crippen LogP contribution is 2.05. The van der Waals surface area contributed by atoms with Gasteiger partial charge in [0.1, 0.15) is 5.60 Å². The Hall–Kier alpha value is -2.24. The van der Waals surface area contributed by atoms with E-state index in [4.69, 9.17) is 4.74 Å². The average molecular weight is 307 g/mol. The van der Waals surface area contributed by atoms with Crippen molar-refractivity contribution in [1.29, 1.82) is 0 Å². The van der Waals surface area contributed by atoms with E-state index in [0.717, 1.165) is 6.42 Å². The third-order valence-electron chi connectivity index (χ3n) is 2.62. The van der Waals surface area contributed by atoms with E-state index in [-0.39, 0.29) is 6.03 Å². The van der Waals surface area contributed by atoms with Crippen LogP contribution in [0.15, 0.2) is 30.3 Å². The summed E-state index contributed by atoms with van der Waals surface area (Å²) in [7, 11) is 0. The van der Waals surface area contributed by atoms with Gasteiger partial charge in [-0.25, -0.2) is 9.59 Å². The molecule has 0 saturated heterocycles. The Morgan fingerprint density at radius 1 is 0.955 bits per heavy atom. The molecule has 0 aliphatic rings. The van der Waals surface area contributed by atoms with Gasteiger partial charge in [-0.1, -0.05) is 30.3 Å². The maximum atomic E-state index is 11.5. The molecule has 0 radical (unpaired) electrons. The van der Waals surface area contributed by atoms with Gasteiger partial charge in [0.2, 0.25) is 0 Å². The summed E-state index contributed by atoms with van der Waals surface area (Å²) in [5, 5.41) is 8.00. The van der Waals surface area contributed by atoms with Gasteiger partial charge in [0.15, 0.2) is 0 Å². The lowest BCUT2D eigenvalue weighted by Crippen LogP contribution is -2.41. The molecule has 0 bridgehead atoms. The number of benzene rings is 1. The summed E-state index contributed by atoms with van der Waals surface area (Å²) in [5.41, 5.74) is 0.654. The fourth-order valence-corrected chi connectivity index (χ4v) is 1.68. The third kappa shape index (κ3) is 8.84. The Balaban J connectivity index is 2.05. The predicted molar refractivity (Wildman–Crippen MR) is 85.8 cm³/mol. The predicted octanol–water partition coefficient (Wildman–Crippen LogP) is 2.05. The van der Waals surface area contributed by atoms with E-state index in [9.17, 15) is 9.59 Å². The van der Waals surface area contributed by atoms with Crippen molar-refractivity contribution < 1.29 is 14.3 Å². The standard InChI is InChI=1S/C16H25N3O3/c1-16(2,3)22-15(21)19-12-11-18-14(20)17-10-9-13-7-5-4-6-8-13/h4-8H,9-12H2,1-3H3,(H,19,21)(H2,17,18,20). The second kappa shape index (κ2) is 8.92. The SMILES string of the molecule is CC(C)(C)OC(=O)NCCNC(=O)NCCc1ccccc1. The van der Waals surface area contributed by atoms with Gasteiger partial charge in [0.25, 0.3) is 0 Å². The van der Waals surface area contributed by atoms with Crippen LogP contribution in [0.1, 0.15) is 26.3 Å². The quantitative estimate of drug-likeness (QED) is 0.704. The molecule has 0 unspecified atom stereocenters. The van der Waals surface area contributed by atoms with Gasteiger partial charge >= 0.3 is 12.1 Å². The highest BCUT2D eigenvalue weighted by molar-refractivity contribution is 5.74. The number of carbonyl (C=O) groups excluding carboxylic acids is 2. The summed E-state index contributed by atoms with van der Waals surface area (Å²) in [6, 6.07) is 9.69. The van der Waals surface area contributed by atoms with E-state index in [1.54, 1.807) is 20.8 Å². The molecule has 0 heterocycles. The van der Waals surface area contributed by atoms with Crippen LogP contribution in [0.3, 0.4) is 0 Å². The second-order valence-corrected chi connectivity index (χ2v) is 5.85. The van der Waals surface area contributed by atoms with Crippen molar-refractivity contribution in [2.75, 3.05) is 19.6 Å². The van der Waals surface area contributed by atoms with Gasteiger partial charge in [0.05, 0.1) is 0 Å². The van der Waals surface area contributed by atoms with E-state index in [1.807, 2.05) is 30.3 Å². The molecule has 1 aromatic carbocycles. The van der Waals surface area contributed by atoms with Crippen molar-refractivity contribution in [1.82, 2.24) is 16.0 Å². The van der Waals surface area contributed by atoms with Crippen LogP contribution >= 0.6 is 0 Å². The van der Waals surface area contributed by atoms with Crippen LogP contribution in [0.5, 0.6) is 0 Å². The van der Waals surface area contributed by atoms with E-state index in [0.29, 0.717) is 19.6 Å². The van der Waals surface area contributed by atoms with Crippen LogP contribution in [-0.4, -0.2) is 37.4 Å². The molecule has 0 aliphatic heterocycles. The van der Waals surface area contributed by atoms with Gasteiger partial charge in [-0.2, -0.15) is 0 Å². The summed E-state index contributed by atoms with van der Waals surface area (Å²) in [4.78, 5) is 22.9. The molecule has 1 rings (SSSR count). The minimum absolute atomic E-state index is 0.248. The molecule has 22 heavy (non-hydrogen) atoms. The van der Waals surface area contributed by atoms with Crippen molar-refractivity contribution in [2.24, 2.45) is 0 Å². The van der Waals surface area contributed by atoms with Crippen molar-refractivity contribution in [3.05, 3.63) is 35.9 Å². The molecule has 0 fully saturated rings. The number of ether oxygens (including phenoxy) is 1. The van der Waals surface area contributed by atoms with Gasteiger partial charge in [0, 0.05) is 19.6 Å². The third-order valence-corrected chi connectivity index (χ3v) is 2.62. The van der Waals surface area contributed by atoms with Crippen molar-refractivity contribution >= 4 is 12.1 Å². The van der Waals surface area contributed by atoms with Crippen LogP contribution in [0.2, 0.25) is 0 Å². The molecular formula is C16H25N3O3. The molecule has 122 valence electrons. The average Bonchev–Trinajstić information content (AvgIpc) is 2.43. The molecule has 6 nitrogen and oxygen atoms in total. The van der Waals surface area contributed by atoms with Crippen molar-refractivity contribution in [3.63, 3.8) is 0 Å². The van der Waals surface area contributed by atoms with Crippen LogP contribution < -0.4 is 16.0 Å². The Morgan fingerprint density at radius 3 is 2.18 bits per heavy atom. The molecular weight excluding hydrogens is 282 g/mol. The minimum Gasteiger partial charge on any atom is -0.444 e. The lowest BCUT2D eigenvalue weighted by atomic mass is 10.1. The van der Waals surface area contributed by atoms with Crippen LogP contribution in [0.4, 0.5) is 9.59 Å². The highest BCUT2D eigenvalue weighted by atomic mass is 16.6. The van der Waals surface area contributed by atoms with Crippen molar-refractivity contribution in [3.8, 4) is 0 Å². The normalized spacial score (nSPS) is 10.7. The first-order valence-corrected chi connectivity index (χ1v) is 7.39. The van der Waals surface area contributed by atoms with Crippen molar-refractivity contribution in [2.45, 2.75) is 32.8 Å². The summed E-state index contributed by atoms with van der Waals surface area (Å²) >= 11 is 0. The Bertz CT molecular complexity index is 469. The smallest absolute Gasteiger partial charge is 0.407 e. The molecule has 0 spiro atoms. The number of rotatable bonds is 6. The number of amides is 3. The van der Waals surface area contributed by atoms with E-state index in [2.05, 4.69) is 16.0 Å². The molecule has 0 aromatic heterocycles. The molecule has 6 heteroatoms. The first-order chi connectivity index (χ1) is 10.4. The first kappa shape index (κ1) is 17.8. The maximum absolute atomic E-state index is 11.5. The Morgan fingerprint density at radius 2 is 1.55 bits per heavy atom. The summed E-state index contributed by atoms with van der Waals surface area (Å²) < 4.78 is 5.08. The molecule has 3 amide bonds. The largest absolute Gasteiger partial charge is 0.444 e. The van der Waals surface area contributed by atoms with E-state index < -0.39 is 11.7 Å². The number of hydrogen-bond donors (Lipinski definition) is 3. The molecule has 0 aliphatic carbocycles. The summed E-state index contributed by atoms with van der Waals surface area (Å²) in [6.45, 7) is 6.62. The topological polar surface area (TPSA) is 79.5 Å². The molecule has 0 saturated carbocycles. The van der Waals surface area contributed by atoms with Crippen LogP contribution in [-0.2, 0) is 11.2 Å². The summed E-state index contributed by atoms with van der Waals surface area (Å²) in [6.07, 6.45) is 0.295. The van der Waals surface area contributed by atoms with Gasteiger partial charge in [-0.3, -0.25) is 0 Å². The van der Waals surface area contributed by atoms with Gasteiger partial charge < -0.3 is 20.7 Å². The zero-order valence-electron chi connectivity index (χ0n) is 13.4. The highest BCUT2D eigenvalue weighted by Gasteiger charge is 2.15. The van der Waals surface area contributed by atoms with E-state index >= 15 is 0 Å². The molecule has 1 aromatic rings. The number of alkyl carbamates (subject to hydrolysis) is 1. The number of hydrogen-bond acceptors (Lipinski definition) is 3. The number of carbonyl (C=O) groups is 2. The number of urea groups is 1. The van der Waals surface area contributed by atoms with E-state index in [1.165, 1.54) is 5.56 Å². The van der Waals surface area contributed by atoms with Gasteiger partial charge in [-0.05, 0) is 32.8 Å². The number of nitrogens with one attached hydrogen (secondary N) is 3. The first-order valence-electron chi connectivity index (χ1n) is 7.39. The Labute approximate surface area is 131 Å². The Kier molecular flexibility index (Phi) is 7.22. The maximum Gasteiger partial charge on any atom is 0.407 e. The van der Waals surface area contributed by atoms with Gasteiger partial charge in [-0.15, -0.1) is 0 Å². The van der Waals surface area contributed by atoms with Crippen LogP contribution in [0.25, 0.3) is 0 Å². The van der Waals surface area contributed by atoms with Crippen LogP contribution in [0, 0.1) is 0 Å². The summed E-state index contributed by atoms with van der Waals surface area (Å²) in [5.74, 6) is 0. The lowest BCUT2D eigenvalue weighted by molar-refractivity contribution is 0.0528. The lowest BCUT2D eigenvalue weighted by Gasteiger charge is -2.19. The fraction of sp³-hybridized carbons (Fsp3) is 0.500. The molecule has 0 atom stereocenters. The second-order valence-electron chi connectivity index (χ2n) is 5.85. The minimum atomic E-state index is -0.522. The fourth-order valence-electron chi connectivity index (χ4n) is 1.68. The zero-order valence-corrected chi connectivity index (χ0v) is 13.4.